The van der Waals surface area contributed by atoms with Gasteiger partial charge in [-0.3, -0.25) is 14.9 Å². The molecule has 0 radical (unpaired) electrons. The number of nitro groups is 1. The predicted octanol–water partition coefficient (Wildman–Crippen LogP) is 5.82. The highest BCUT2D eigenvalue weighted by atomic mass is 32.2. The number of carbonyl (C=O) groups is 1. The van der Waals surface area contributed by atoms with Crippen LogP contribution >= 0.6 is 23.1 Å². The van der Waals surface area contributed by atoms with E-state index < -0.39 is 10.8 Å². The number of aryl methyl sites for hydroxylation is 2. The fourth-order valence-electron chi connectivity index (χ4n) is 3.39. The van der Waals surface area contributed by atoms with Crippen LogP contribution in [0.5, 0.6) is 5.75 Å². The van der Waals surface area contributed by atoms with Gasteiger partial charge in [0.2, 0.25) is 0 Å². The lowest BCUT2D eigenvalue weighted by molar-refractivity contribution is -0.387. The van der Waals surface area contributed by atoms with Crippen LogP contribution in [0.4, 0.5) is 5.69 Å². The van der Waals surface area contributed by atoms with Crippen molar-refractivity contribution in [1.29, 1.82) is 5.26 Å². The molecular formula is C24H19N5O4S2. The minimum absolute atomic E-state index is 0.145. The number of thiazole rings is 1. The number of rotatable bonds is 7. The minimum Gasteiger partial charge on any atom is -0.494 e. The topological polar surface area (TPSA) is 124 Å². The fraction of sp³-hybridized carbons (Fsp3) is 0.167. The van der Waals surface area contributed by atoms with Crippen molar-refractivity contribution in [1.82, 2.24) is 14.8 Å². The van der Waals surface area contributed by atoms with Crippen molar-refractivity contribution in [3.8, 4) is 11.8 Å². The Bertz CT molecular complexity index is 1530. The van der Waals surface area contributed by atoms with E-state index in [4.69, 9.17) is 4.74 Å². The van der Waals surface area contributed by atoms with E-state index >= 15 is 0 Å². The van der Waals surface area contributed by atoms with Crippen LogP contribution in [0, 0.1) is 35.3 Å². The Balaban J connectivity index is 1.64. The molecule has 9 nitrogen and oxygen atoms in total. The maximum Gasteiger partial charge on any atom is 0.289 e. The lowest BCUT2D eigenvalue weighted by Gasteiger charge is -2.04. The number of nitrogens with zero attached hydrogens (tertiary/aromatic N) is 5. The Morgan fingerprint density at radius 2 is 2.09 bits per heavy atom. The van der Waals surface area contributed by atoms with Gasteiger partial charge in [0.25, 0.3) is 11.6 Å². The van der Waals surface area contributed by atoms with Crippen LogP contribution in [-0.2, 0) is 0 Å². The normalized spacial score (nSPS) is 11.4. The number of hydrogen-bond donors (Lipinski definition) is 0. The summed E-state index contributed by atoms with van der Waals surface area (Å²) in [7, 11) is 0. The summed E-state index contributed by atoms with van der Waals surface area (Å²) in [4.78, 5) is 29.0. The zero-order valence-corrected chi connectivity index (χ0v) is 20.6. The van der Waals surface area contributed by atoms with Gasteiger partial charge in [0.1, 0.15) is 17.4 Å². The summed E-state index contributed by atoms with van der Waals surface area (Å²) in [6.07, 6.45) is 1.33. The summed E-state index contributed by atoms with van der Waals surface area (Å²) in [5.74, 6) is 0.144. The largest absolute Gasteiger partial charge is 0.494 e. The Morgan fingerprint density at radius 3 is 2.74 bits per heavy atom. The van der Waals surface area contributed by atoms with Gasteiger partial charge < -0.3 is 4.74 Å². The molecule has 11 heteroatoms. The Labute approximate surface area is 208 Å². The van der Waals surface area contributed by atoms with Crippen LogP contribution < -0.4 is 4.74 Å². The molecule has 2 aromatic heterocycles. The number of carbonyl (C=O) groups excluding carboxylic acids is 1. The average molecular weight is 506 g/mol. The number of allylic oxidation sites excluding steroid dienone is 1. The molecule has 2 aromatic carbocycles. The molecule has 0 aliphatic heterocycles. The summed E-state index contributed by atoms with van der Waals surface area (Å²) in [5, 5.41) is 25.4. The molecule has 4 rings (SSSR count). The fourth-order valence-corrected chi connectivity index (χ4v) is 5.53. The number of nitriles is 1. The molecule has 0 fully saturated rings. The predicted molar refractivity (Wildman–Crippen MR) is 134 cm³/mol. The van der Waals surface area contributed by atoms with Crippen molar-refractivity contribution in [3.05, 3.63) is 75.1 Å². The van der Waals surface area contributed by atoms with E-state index in [1.807, 2.05) is 31.2 Å². The van der Waals surface area contributed by atoms with Crippen LogP contribution in [0.25, 0.3) is 16.3 Å². The molecule has 0 saturated carbocycles. The van der Waals surface area contributed by atoms with E-state index in [0.29, 0.717) is 32.8 Å². The first-order chi connectivity index (χ1) is 16.8. The molecule has 0 N–H and O–H groups in total. The van der Waals surface area contributed by atoms with E-state index in [-0.39, 0.29) is 11.3 Å². The highest BCUT2D eigenvalue weighted by Crippen LogP contribution is 2.40. The van der Waals surface area contributed by atoms with E-state index in [9.17, 15) is 20.2 Å². The summed E-state index contributed by atoms with van der Waals surface area (Å²) in [6, 6.07) is 13.7. The summed E-state index contributed by atoms with van der Waals surface area (Å²) in [5.41, 5.74) is 2.06. The first-order valence-electron chi connectivity index (χ1n) is 10.5. The quantitative estimate of drug-likeness (QED) is 0.133. The van der Waals surface area contributed by atoms with Crippen molar-refractivity contribution in [2.24, 2.45) is 0 Å². The number of ether oxygens (including phenoxy) is 1. The third-order valence-corrected chi connectivity index (χ3v) is 7.04. The second-order valence-corrected chi connectivity index (χ2v) is 9.76. The lowest BCUT2D eigenvalue weighted by Crippen LogP contribution is -2.15. The van der Waals surface area contributed by atoms with Gasteiger partial charge in [-0.05, 0) is 62.7 Å². The molecule has 0 saturated heterocycles. The van der Waals surface area contributed by atoms with Gasteiger partial charge in [-0.2, -0.15) is 10.4 Å². The highest BCUT2D eigenvalue weighted by Gasteiger charge is 2.20. The highest BCUT2D eigenvalue weighted by molar-refractivity contribution is 8.01. The van der Waals surface area contributed by atoms with Gasteiger partial charge in [0.05, 0.1) is 32.3 Å². The molecule has 0 unspecified atom stereocenters. The molecule has 0 amide bonds. The number of hydrogen-bond acceptors (Lipinski definition) is 9. The van der Waals surface area contributed by atoms with Crippen LogP contribution in [0.3, 0.4) is 0 Å². The molecular weight excluding hydrogens is 486 g/mol. The molecule has 0 bridgehead atoms. The first kappa shape index (κ1) is 24.1. The van der Waals surface area contributed by atoms with Crippen molar-refractivity contribution < 1.29 is 14.5 Å². The van der Waals surface area contributed by atoms with Crippen molar-refractivity contribution in [3.63, 3.8) is 0 Å². The van der Waals surface area contributed by atoms with Crippen molar-refractivity contribution >= 4 is 51.0 Å². The van der Waals surface area contributed by atoms with Crippen LogP contribution in [0.1, 0.15) is 28.7 Å². The number of fused-ring (bicyclic) bond motifs is 1. The van der Waals surface area contributed by atoms with E-state index in [1.54, 1.807) is 32.0 Å². The maximum absolute atomic E-state index is 12.7. The molecule has 35 heavy (non-hydrogen) atoms. The lowest BCUT2D eigenvalue weighted by atomic mass is 10.1. The number of nitro benzene ring substituents is 1. The maximum atomic E-state index is 12.7. The van der Waals surface area contributed by atoms with Gasteiger partial charge in [-0.1, -0.05) is 17.8 Å². The van der Waals surface area contributed by atoms with Gasteiger partial charge in [0, 0.05) is 11.8 Å². The summed E-state index contributed by atoms with van der Waals surface area (Å²) in [6.45, 7) is 5.92. The third kappa shape index (κ3) is 5.24. The minimum atomic E-state index is -0.597. The van der Waals surface area contributed by atoms with E-state index in [2.05, 4.69) is 10.1 Å². The zero-order chi connectivity index (χ0) is 25.1. The smallest absolute Gasteiger partial charge is 0.289 e. The zero-order valence-electron chi connectivity index (χ0n) is 19.0. The monoisotopic (exact) mass is 505 g/mol. The van der Waals surface area contributed by atoms with E-state index in [1.165, 1.54) is 35.2 Å². The molecule has 0 atom stereocenters. The summed E-state index contributed by atoms with van der Waals surface area (Å²) < 4.78 is 8.24. The Hall–Kier alpha value is -4.01. The SMILES string of the molecule is CCOc1ccc2nc(Sc3ccc(/C=C(\C#N)C(=O)n4nc(C)cc4C)cc3[N+](=O)[O-])sc2c1. The van der Waals surface area contributed by atoms with Gasteiger partial charge in [-0.15, -0.1) is 11.3 Å². The van der Waals surface area contributed by atoms with Crippen LogP contribution in [-0.4, -0.2) is 32.2 Å². The second kappa shape index (κ2) is 10.1. The molecule has 176 valence electrons. The van der Waals surface area contributed by atoms with Gasteiger partial charge in [-0.25, -0.2) is 9.67 Å². The third-order valence-electron chi connectivity index (χ3n) is 4.89. The van der Waals surface area contributed by atoms with Gasteiger partial charge in [0.15, 0.2) is 4.34 Å². The molecule has 4 aromatic rings. The van der Waals surface area contributed by atoms with Gasteiger partial charge >= 0.3 is 0 Å². The second-order valence-electron chi connectivity index (χ2n) is 7.44. The summed E-state index contributed by atoms with van der Waals surface area (Å²) >= 11 is 2.60. The average Bonchev–Trinajstić information content (AvgIpc) is 3.38. The van der Waals surface area contributed by atoms with Crippen molar-refractivity contribution in [2.45, 2.75) is 30.0 Å². The standard InChI is InChI=1S/C24H19N5O4S2/c1-4-33-18-6-7-19-22(12-18)35-24(26-19)34-21-8-5-16(11-20(21)29(31)32)10-17(13-25)23(30)28-15(3)9-14(2)27-28/h5-12H,4H2,1-3H3/b17-10+. The molecule has 0 aliphatic carbocycles. The number of aromatic nitrogens is 3. The molecule has 0 spiro atoms. The van der Waals surface area contributed by atoms with Crippen LogP contribution in [0.2, 0.25) is 0 Å². The Kier molecular flexibility index (Phi) is 6.95. The molecule has 0 aliphatic rings. The Morgan fingerprint density at radius 1 is 1.29 bits per heavy atom. The van der Waals surface area contributed by atoms with E-state index in [0.717, 1.165) is 20.6 Å². The molecule has 2 heterocycles. The first-order valence-corrected chi connectivity index (χ1v) is 12.1. The van der Waals surface area contributed by atoms with Crippen molar-refractivity contribution in [2.75, 3.05) is 6.61 Å². The van der Waals surface area contributed by atoms with Crippen LogP contribution in [0.15, 0.2) is 57.3 Å². The number of benzene rings is 2.